The van der Waals surface area contributed by atoms with Crippen molar-refractivity contribution in [3.63, 3.8) is 0 Å². The molecule has 0 unspecified atom stereocenters. The smallest absolute Gasteiger partial charge is 0.344 e. The van der Waals surface area contributed by atoms with E-state index in [1.807, 2.05) is 36.4 Å². The molecule has 0 atom stereocenters. The Morgan fingerprint density at radius 3 is 2.54 bits per heavy atom. The van der Waals surface area contributed by atoms with Crippen molar-refractivity contribution in [3.8, 4) is 17.6 Å². The number of esters is 1. The van der Waals surface area contributed by atoms with Gasteiger partial charge in [0.15, 0.2) is 11.5 Å². The van der Waals surface area contributed by atoms with E-state index in [-0.39, 0.29) is 28.4 Å². The van der Waals surface area contributed by atoms with Gasteiger partial charge in [-0.2, -0.15) is 5.26 Å². The number of ether oxygens (including phenoxy) is 2. The van der Waals surface area contributed by atoms with E-state index in [1.54, 1.807) is 31.2 Å². The molecule has 4 aromatic rings. The fourth-order valence-electron chi connectivity index (χ4n) is 3.88. The minimum atomic E-state index is -0.828. The molecule has 0 aliphatic carbocycles. The van der Waals surface area contributed by atoms with Gasteiger partial charge in [0.2, 0.25) is 0 Å². The molecular weight excluding hydrogens is 566 g/mol. The Kier molecular flexibility index (Phi) is 8.03. The SMILES string of the molecule is COc1cc(/C=C(\C#N)C(=O)Nc2ccc(C)cc2[N+](=O)[O-])cc(Br)c1OC(=O)c1cccc2ccccc12. The summed E-state index contributed by atoms with van der Waals surface area (Å²) in [6.07, 6.45) is 1.29. The van der Waals surface area contributed by atoms with Crippen LogP contribution in [0.3, 0.4) is 0 Å². The van der Waals surface area contributed by atoms with Crippen LogP contribution in [0.15, 0.2) is 82.8 Å². The van der Waals surface area contributed by atoms with Crippen molar-refractivity contribution >= 4 is 56.0 Å². The summed E-state index contributed by atoms with van der Waals surface area (Å²) in [5.74, 6) is -1.13. The molecule has 1 N–H and O–H groups in total. The van der Waals surface area contributed by atoms with Gasteiger partial charge in [0.1, 0.15) is 17.3 Å². The number of hydrogen-bond donors (Lipinski definition) is 1. The van der Waals surface area contributed by atoms with Gasteiger partial charge >= 0.3 is 5.97 Å². The molecule has 4 aromatic carbocycles. The third-order valence-corrected chi connectivity index (χ3v) is 6.32. The molecule has 0 fully saturated rings. The molecule has 0 radical (unpaired) electrons. The first-order valence-electron chi connectivity index (χ1n) is 11.5. The summed E-state index contributed by atoms with van der Waals surface area (Å²) >= 11 is 3.38. The lowest BCUT2D eigenvalue weighted by Gasteiger charge is -2.13. The van der Waals surface area contributed by atoms with E-state index in [0.717, 1.165) is 10.8 Å². The standard InChI is InChI=1S/C29H20BrN3O6/c1-17-10-11-24(25(12-17)33(36)37)32-28(34)20(16-31)13-18-14-23(30)27(26(15-18)38-2)39-29(35)22-9-5-7-19-6-3-4-8-21(19)22/h3-15H,1-2H3,(H,32,34)/b20-13+. The van der Waals surface area contributed by atoms with E-state index in [4.69, 9.17) is 9.47 Å². The number of aryl methyl sites for hydroxylation is 1. The maximum absolute atomic E-state index is 13.1. The van der Waals surface area contributed by atoms with Crippen LogP contribution in [-0.2, 0) is 4.79 Å². The maximum Gasteiger partial charge on any atom is 0.344 e. The highest BCUT2D eigenvalue weighted by molar-refractivity contribution is 9.10. The number of fused-ring (bicyclic) bond motifs is 1. The van der Waals surface area contributed by atoms with E-state index in [0.29, 0.717) is 21.2 Å². The summed E-state index contributed by atoms with van der Waals surface area (Å²) in [7, 11) is 1.39. The van der Waals surface area contributed by atoms with Crippen molar-refractivity contribution in [2.45, 2.75) is 6.92 Å². The summed E-state index contributed by atoms with van der Waals surface area (Å²) in [6, 6.07) is 21.9. The van der Waals surface area contributed by atoms with Crippen molar-refractivity contribution in [3.05, 3.63) is 110 Å². The molecular formula is C29H20BrN3O6. The molecule has 0 aliphatic rings. The zero-order chi connectivity index (χ0) is 28.1. The van der Waals surface area contributed by atoms with Gasteiger partial charge in [0.25, 0.3) is 11.6 Å². The zero-order valence-corrected chi connectivity index (χ0v) is 22.3. The normalized spacial score (nSPS) is 11.0. The van der Waals surface area contributed by atoms with Crippen LogP contribution in [0.1, 0.15) is 21.5 Å². The van der Waals surface area contributed by atoms with Crippen LogP contribution in [0.5, 0.6) is 11.5 Å². The van der Waals surface area contributed by atoms with E-state index >= 15 is 0 Å². The summed E-state index contributed by atoms with van der Waals surface area (Å²) < 4.78 is 11.4. The number of nitrogens with zero attached hydrogens (tertiary/aromatic N) is 2. The summed E-state index contributed by atoms with van der Waals surface area (Å²) in [4.78, 5) is 36.6. The molecule has 0 spiro atoms. The van der Waals surface area contributed by atoms with Crippen LogP contribution in [0.4, 0.5) is 11.4 Å². The number of nitro groups is 1. The molecule has 194 valence electrons. The summed E-state index contributed by atoms with van der Waals surface area (Å²) in [5, 5.41) is 25.0. The van der Waals surface area contributed by atoms with Crippen molar-refractivity contribution in [2.75, 3.05) is 12.4 Å². The van der Waals surface area contributed by atoms with Crippen LogP contribution in [0.2, 0.25) is 0 Å². The fourth-order valence-corrected chi connectivity index (χ4v) is 4.42. The molecule has 0 heterocycles. The second-order valence-corrected chi connectivity index (χ2v) is 9.21. The molecule has 9 nitrogen and oxygen atoms in total. The molecule has 39 heavy (non-hydrogen) atoms. The Hall–Kier alpha value is -5.01. The highest BCUT2D eigenvalue weighted by Crippen LogP contribution is 2.38. The number of halogens is 1. The average Bonchev–Trinajstić information content (AvgIpc) is 2.93. The molecule has 0 saturated heterocycles. The highest BCUT2D eigenvalue weighted by Gasteiger charge is 2.21. The predicted molar refractivity (Wildman–Crippen MR) is 150 cm³/mol. The third kappa shape index (κ3) is 5.95. The number of rotatable bonds is 7. The highest BCUT2D eigenvalue weighted by atomic mass is 79.9. The van der Waals surface area contributed by atoms with Crippen molar-refractivity contribution < 1.29 is 24.0 Å². The monoisotopic (exact) mass is 585 g/mol. The molecule has 0 saturated carbocycles. The van der Waals surface area contributed by atoms with Gasteiger partial charge in [-0.3, -0.25) is 14.9 Å². The van der Waals surface area contributed by atoms with Gasteiger partial charge in [-0.25, -0.2) is 4.79 Å². The molecule has 0 aliphatic heterocycles. The lowest BCUT2D eigenvalue weighted by molar-refractivity contribution is -0.384. The zero-order valence-electron chi connectivity index (χ0n) is 20.7. The minimum Gasteiger partial charge on any atom is -0.493 e. The van der Waals surface area contributed by atoms with Crippen LogP contribution in [0.25, 0.3) is 16.8 Å². The number of benzene rings is 4. The first-order chi connectivity index (χ1) is 18.7. The van der Waals surface area contributed by atoms with E-state index in [2.05, 4.69) is 21.2 Å². The second-order valence-electron chi connectivity index (χ2n) is 8.35. The van der Waals surface area contributed by atoms with Gasteiger partial charge in [0, 0.05) is 6.07 Å². The maximum atomic E-state index is 13.1. The Labute approximate surface area is 231 Å². The molecule has 0 aromatic heterocycles. The molecule has 1 amide bonds. The van der Waals surface area contributed by atoms with Crippen molar-refractivity contribution in [1.29, 1.82) is 5.26 Å². The molecule has 10 heteroatoms. The van der Waals surface area contributed by atoms with E-state index in [1.165, 1.54) is 31.4 Å². The topological polar surface area (TPSA) is 132 Å². The number of nitriles is 1. The number of carbonyl (C=O) groups excluding carboxylic acids is 2. The van der Waals surface area contributed by atoms with Gasteiger partial charge in [-0.05, 0) is 75.1 Å². The average molecular weight is 586 g/mol. The summed E-state index contributed by atoms with van der Waals surface area (Å²) in [5.41, 5.74) is 0.773. The van der Waals surface area contributed by atoms with Gasteiger partial charge in [0.05, 0.1) is 22.1 Å². The lowest BCUT2D eigenvalue weighted by atomic mass is 10.0. The largest absolute Gasteiger partial charge is 0.493 e. The Bertz CT molecular complexity index is 1700. The molecule has 4 rings (SSSR count). The predicted octanol–water partition coefficient (Wildman–Crippen LogP) is 6.59. The van der Waals surface area contributed by atoms with Gasteiger partial charge in [-0.15, -0.1) is 0 Å². The number of amides is 1. The Balaban J connectivity index is 1.62. The first-order valence-corrected chi connectivity index (χ1v) is 12.3. The van der Waals surface area contributed by atoms with Gasteiger partial charge in [-0.1, -0.05) is 42.5 Å². The van der Waals surface area contributed by atoms with E-state index < -0.39 is 16.8 Å². The lowest BCUT2D eigenvalue weighted by Crippen LogP contribution is -2.14. The van der Waals surface area contributed by atoms with Crippen LogP contribution >= 0.6 is 15.9 Å². The van der Waals surface area contributed by atoms with Gasteiger partial charge < -0.3 is 14.8 Å². The number of nitro benzene ring substituents is 1. The summed E-state index contributed by atoms with van der Waals surface area (Å²) in [6.45, 7) is 1.69. The number of methoxy groups -OCH3 is 1. The van der Waals surface area contributed by atoms with Crippen LogP contribution in [-0.4, -0.2) is 23.9 Å². The second kappa shape index (κ2) is 11.6. The third-order valence-electron chi connectivity index (χ3n) is 5.73. The minimum absolute atomic E-state index is 0.0359. The number of nitrogens with one attached hydrogen (secondary N) is 1. The number of anilines is 1. The molecule has 0 bridgehead atoms. The van der Waals surface area contributed by atoms with Crippen molar-refractivity contribution in [1.82, 2.24) is 0 Å². The van der Waals surface area contributed by atoms with E-state index in [9.17, 15) is 25.0 Å². The fraction of sp³-hybridized carbons (Fsp3) is 0.0690. The number of hydrogen-bond acceptors (Lipinski definition) is 7. The van der Waals surface area contributed by atoms with Crippen LogP contribution in [0, 0.1) is 28.4 Å². The van der Waals surface area contributed by atoms with Crippen molar-refractivity contribution in [2.24, 2.45) is 0 Å². The Morgan fingerprint density at radius 1 is 1.08 bits per heavy atom. The quantitative estimate of drug-likeness (QED) is 0.0645. The van der Waals surface area contributed by atoms with Crippen LogP contribution < -0.4 is 14.8 Å². The Morgan fingerprint density at radius 2 is 1.82 bits per heavy atom. The number of carbonyl (C=O) groups is 2. The first kappa shape index (κ1) is 27.0.